The Kier molecular flexibility index (Phi) is 3.25. The predicted molar refractivity (Wildman–Crippen MR) is 60.8 cm³/mol. The van der Waals surface area contributed by atoms with Gasteiger partial charge in [0.1, 0.15) is 12.0 Å². The third-order valence-corrected chi connectivity index (χ3v) is 3.26. The Hall–Kier alpha value is -1.35. The summed E-state index contributed by atoms with van der Waals surface area (Å²) in [5.41, 5.74) is 0.650. The van der Waals surface area contributed by atoms with Crippen molar-refractivity contribution < 1.29 is 14.3 Å². The van der Waals surface area contributed by atoms with Crippen LogP contribution in [0, 0.1) is 0 Å². The SMILES string of the molecule is COc1cccc(C2(C=O)CCOCC2)c1. The fourth-order valence-electron chi connectivity index (χ4n) is 2.14. The Balaban J connectivity index is 2.34. The highest BCUT2D eigenvalue weighted by Crippen LogP contribution is 2.34. The minimum atomic E-state index is -0.382. The molecule has 0 aromatic heterocycles. The van der Waals surface area contributed by atoms with Gasteiger partial charge in [-0.1, -0.05) is 12.1 Å². The molecule has 0 atom stereocenters. The van der Waals surface area contributed by atoms with Crippen molar-refractivity contribution in [1.29, 1.82) is 0 Å². The fraction of sp³-hybridized carbons (Fsp3) is 0.462. The van der Waals surface area contributed by atoms with Crippen molar-refractivity contribution in [2.45, 2.75) is 18.3 Å². The van der Waals surface area contributed by atoms with Gasteiger partial charge in [0, 0.05) is 13.2 Å². The number of aldehydes is 1. The molecule has 16 heavy (non-hydrogen) atoms. The van der Waals surface area contributed by atoms with Crippen LogP contribution >= 0.6 is 0 Å². The Morgan fingerprint density at radius 2 is 2.12 bits per heavy atom. The van der Waals surface area contributed by atoms with Gasteiger partial charge >= 0.3 is 0 Å². The second-order valence-electron chi connectivity index (χ2n) is 4.12. The summed E-state index contributed by atoms with van der Waals surface area (Å²) in [6, 6.07) is 7.75. The van der Waals surface area contributed by atoms with Crippen LogP contribution in [0.4, 0.5) is 0 Å². The Labute approximate surface area is 95.4 Å². The average molecular weight is 220 g/mol. The average Bonchev–Trinajstić information content (AvgIpc) is 2.39. The second kappa shape index (κ2) is 4.66. The van der Waals surface area contributed by atoms with Crippen molar-refractivity contribution in [3.8, 4) is 5.75 Å². The number of carbonyl (C=O) groups is 1. The fourth-order valence-corrected chi connectivity index (χ4v) is 2.14. The molecule has 0 amide bonds. The maximum atomic E-state index is 11.4. The summed E-state index contributed by atoms with van der Waals surface area (Å²) < 4.78 is 10.5. The number of rotatable bonds is 3. The van der Waals surface area contributed by atoms with Crippen LogP contribution in [0.1, 0.15) is 18.4 Å². The normalized spacial score (nSPS) is 19.1. The van der Waals surface area contributed by atoms with Crippen LogP contribution in [0.25, 0.3) is 0 Å². The van der Waals surface area contributed by atoms with E-state index in [0.717, 1.165) is 30.4 Å². The molecule has 0 N–H and O–H groups in total. The smallest absolute Gasteiger partial charge is 0.130 e. The van der Waals surface area contributed by atoms with E-state index in [9.17, 15) is 4.79 Å². The zero-order valence-corrected chi connectivity index (χ0v) is 9.44. The van der Waals surface area contributed by atoms with E-state index in [-0.39, 0.29) is 5.41 Å². The van der Waals surface area contributed by atoms with E-state index in [2.05, 4.69) is 0 Å². The molecule has 1 saturated heterocycles. The van der Waals surface area contributed by atoms with Gasteiger partial charge in [-0.3, -0.25) is 0 Å². The first-order valence-corrected chi connectivity index (χ1v) is 5.49. The van der Waals surface area contributed by atoms with Gasteiger partial charge in [-0.15, -0.1) is 0 Å². The third kappa shape index (κ3) is 1.95. The molecule has 0 radical (unpaired) electrons. The molecule has 1 heterocycles. The molecule has 3 heteroatoms. The highest BCUT2D eigenvalue weighted by molar-refractivity contribution is 5.69. The summed E-state index contributed by atoms with van der Waals surface area (Å²) in [4.78, 5) is 11.4. The number of hydrogen-bond donors (Lipinski definition) is 0. The van der Waals surface area contributed by atoms with Crippen LogP contribution in [0.3, 0.4) is 0 Å². The monoisotopic (exact) mass is 220 g/mol. The lowest BCUT2D eigenvalue weighted by atomic mass is 9.75. The van der Waals surface area contributed by atoms with Crippen LogP contribution in [0.2, 0.25) is 0 Å². The van der Waals surface area contributed by atoms with Crippen LogP contribution in [-0.4, -0.2) is 26.6 Å². The predicted octanol–water partition coefficient (Wildman–Crippen LogP) is 1.94. The lowest BCUT2D eigenvalue weighted by Gasteiger charge is -2.32. The molecule has 0 saturated carbocycles. The van der Waals surface area contributed by atoms with Gasteiger partial charge in [0.25, 0.3) is 0 Å². The zero-order chi connectivity index (χ0) is 11.4. The number of ether oxygens (including phenoxy) is 2. The van der Waals surface area contributed by atoms with Crippen LogP contribution < -0.4 is 4.74 Å². The lowest BCUT2D eigenvalue weighted by molar-refractivity contribution is -0.115. The van der Waals surface area contributed by atoms with Gasteiger partial charge in [0.15, 0.2) is 0 Å². The van der Waals surface area contributed by atoms with Crippen molar-refractivity contribution in [2.75, 3.05) is 20.3 Å². The summed E-state index contributed by atoms with van der Waals surface area (Å²) in [7, 11) is 1.64. The molecule has 3 nitrogen and oxygen atoms in total. The largest absolute Gasteiger partial charge is 0.497 e. The zero-order valence-electron chi connectivity index (χ0n) is 9.44. The number of benzene rings is 1. The molecule has 1 aromatic rings. The van der Waals surface area contributed by atoms with Crippen LogP contribution in [0.15, 0.2) is 24.3 Å². The first-order chi connectivity index (χ1) is 7.80. The van der Waals surface area contributed by atoms with Crippen LogP contribution in [-0.2, 0) is 14.9 Å². The topological polar surface area (TPSA) is 35.5 Å². The van der Waals surface area contributed by atoms with E-state index in [1.807, 2.05) is 24.3 Å². The first kappa shape index (κ1) is 11.1. The van der Waals surface area contributed by atoms with Crippen molar-refractivity contribution >= 4 is 6.29 Å². The maximum Gasteiger partial charge on any atom is 0.130 e. The highest BCUT2D eigenvalue weighted by Gasteiger charge is 2.34. The summed E-state index contributed by atoms with van der Waals surface area (Å²) in [5.74, 6) is 0.796. The molecule has 2 rings (SSSR count). The Morgan fingerprint density at radius 1 is 1.38 bits per heavy atom. The number of carbonyl (C=O) groups excluding carboxylic acids is 1. The second-order valence-corrected chi connectivity index (χ2v) is 4.12. The molecule has 0 aliphatic carbocycles. The van der Waals surface area contributed by atoms with Crippen molar-refractivity contribution in [3.05, 3.63) is 29.8 Å². The van der Waals surface area contributed by atoms with E-state index in [1.165, 1.54) is 0 Å². The molecule has 0 unspecified atom stereocenters. The molecule has 1 aliphatic rings. The van der Waals surface area contributed by atoms with E-state index in [0.29, 0.717) is 13.2 Å². The van der Waals surface area contributed by atoms with Gasteiger partial charge in [0.2, 0.25) is 0 Å². The van der Waals surface area contributed by atoms with Crippen molar-refractivity contribution in [3.63, 3.8) is 0 Å². The van der Waals surface area contributed by atoms with E-state index >= 15 is 0 Å². The molecular formula is C13H16O3. The third-order valence-electron chi connectivity index (χ3n) is 3.26. The van der Waals surface area contributed by atoms with Gasteiger partial charge in [0.05, 0.1) is 12.5 Å². The van der Waals surface area contributed by atoms with E-state index in [1.54, 1.807) is 7.11 Å². The van der Waals surface area contributed by atoms with Crippen molar-refractivity contribution in [2.24, 2.45) is 0 Å². The number of hydrogen-bond acceptors (Lipinski definition) is 3. The molecule has 0 bridgehead atoms. The Morgan fingerprint density at radius 3 is 2.75 bits per heavy atom. The van der Waals surface area contributed by atoms with Gasteiger partial charge < -0.3 is 14.3 Å². The quantitative estimate of drug-likeness (QED) is 0.730. The molecule has 86 valence electrons. The summed E-state index contributed by atoms with van der Waals surface area (Å²) in [5, 5.41) is 0. The van der Waals surface area contributed by atoms with E-state index in [4.69, 9.17) is 9.47 Å². The van der Waals surface area contributed by atoms with Gasteiger partial charge in [-0.05, 0) is 30.5 Å². The Bertz CT molecular complexity index is 367. The molecule has 0 spiro atoms. The lowest BCUT2D eigenvalue weighted by Crippen LogP contribution is -2.35. The number of methoxy groups -OCH3 is 1. The highest BCUT2D eigenvalue weighted by atomic mass is 16.5. The molecule has 1 aromatic carbocycles. The van der Waals surface area contributed by atoms with Gasteiger partial charge in [-0.25, -0.2) is 0 Å². The first-order valence-electron chi connectivity index (χ1n) is 5.49. The summed E-state index contributed by atoms with van der Waals surface area (Å²) in [6.45, 7) is 1.30. The summed E-state index contributed by atoms with van der Waals surface area (Å²) in [6.07, 6.45) is 2.57. The molecular weight excluding hydrogens is 204 g/mol. The molecule has 1 fully saturated rings. The van der Waals surface area contributed by atoms with Crippen LogP contribution in [0.5, 0.6) is 5.75 Å². The summed E-state index contributed by atoms with van der Waals surface area (Å²) >= 11 is 0. The minimum Gasteiger partial charge on any atom is -0.497 e. The maximum absolute atomic E-state index is 11.4. The van der Waals surface area contributed by atoms with Gasteiger partial charge in [-0.2, -0.15) is 0 Å². The van der Waals surface area contributed by atoms with Crippen molar-refractivity contribution in [1.82, 2.24) is 0 Å². The standard InChI is InChI=1S/C13H16O3/c1-15-12-4-2-3-11(9-12)13(10-14)5-7-16-8-6-13/h2-4,9-10H,5-8H2,1H3. The minimum absolute atomic E-state index is 0.382. The molecule has 1 aliphatic heterocycles. The van der Waals surface area contributed by atoms with E-state index < -0.39 is 0 Å².